The van der Waals surface area contributed by atoms with E-state index in [9.17, 15) is 4.39 Å². The predicted octanol–water partition coefficient (Wildman–Crippen LogP) is 1.38. The number of hydrogen-bond acceptors (Lipinski definition) is 1. The molecule has 0 radical (unpaired) electrons. The number of halogens is 1. The van der Waals surface area contributed by atoms with Gasteiger partial charge in [-0.2, -0.15) is 0 Å². The van der Waals surface area contributed by atoms with Crippen molar-refractivity contribution < 1.29 is 9.13 Å². The normalized spacial score (nSPS) is 28.9. The molecule has 0 saturated carbocycles. The molecular formula is C6H11FO. The summed E-state index contributed by atoms with van der Waals surface area (Å²) in [6, 6.07) is 0. The SMILES string of the molecule is C[C@@H](F)C1(C)COC1. The molecule has 0 aromatic rings. The Morgan fingerprint density at radius 2 is 2.12 bits per heavy atom. The second-order valence-corrected chi connectivity index (χ2v) is 2.76. The second kappa shape index (κ2) is 1.69. The summed E-state index contributed by atoms with van der Waals surface area (Å²) in [5, 5.41) is 0. The van der Waals surface area contributed by atoms with E-state index in [1.54, 1.807) is 6.92 Å². The van der Waals surface area contributed by atoms with Crippen molar-refractivity contribution in [1.82, 2.24) is 0 Å². The lowest BCUT2D eigenvalue weighted by molar-refractivity contribution is -0.135. The molecule has 0 spiro atoms. The maximum absolute atomic E-state index is 12.5. The Kier molecular flexibility index (Phi) is 1.27. The topological polar surface area (TPSA) is 9.23 Å². The van der Waals surface area contributed by atoms with Gasteiger partial charge in [-0.1, -0.05) is 6.92 Å². The first-order chi connectivity index (χ1) is 3.65. The minimum absolute atomic E-state index is 0.167. The summed E-state index contributed by atoms with van der Waals surface area (Å²) >= 11 is 0. The van der Waals surface area contributed by atoms with Gasteiger partial charge in [-0.15, -0.1) is 0 Å². The van der Waals surface area contributed by atoms with E-state index < -0.39 is 6.17 Å². The minimum atomic E-state index is -0.726. The summed E-state index contributed by atoms with van der Waals surface area (Å²) in [4.78, 5) is 0. The van der Waals surface area contributed by atoms with Gasteiger partial charge in [0.25, 0.3) is 0 Å². The predicted molar refractivity (Wildman–Crippen MR) is 29.5 cm³/mol. The van der Waals surface area contributed by atoms with Crippen molar-refractivity contribution in [1.29, 1.82) is 0 Å². The van der Waals surface area contributed by atoms with Gasteiger partial charge in [0.1, 0.15) is 6.17 Å². The Morgan fingerprint density at radius 3 is 2.12 bits per heavy atom. The average Bonchev–Trinajstić information content (AvgIpc) is 1.60. The van der Waals surface area contributed by atoms with E-state index in [0.717, 1.165) is 0 Å². The van der Waals surface area contributed by atoms with Gasteiger partial charge >= 0.3 is 0 Å². The summed E-state index contributed by atoms with van der Waals surface area (Å²) in [7, 11) is 0. The van der Waals surface area contributed by atoms with Crippen molar-refractivity contribution in [3.05, 3.63) is 0 Å². The first-order valence-corrected chi connectivity index (χ1v) is 2.87. The van der Waals surface area contributed by atoms with Crippen molar-refractivity contribution >= 4 is 0 Å². The molecular weight excluding hydrogens is 107 g/mol. The Labute approximate surface area is 48.8 Å². The molecule has 1 aliphatic rings. The average molecular weight is 118 g/mol. The van der Waals surface area contributed by atoms with Gasteiger partial charge in [0.2, 0.25) is 0 Å². The highest BCUT2D eigenvalue weighted by atomic mass is 19.1. The molecule has 0 aromatic heterocycles. The van der Waals surface area contributed by atoms with Crippen molar-refractivity contribution in [3.8, 4) is 0 Å². The molecule has 0 bridgehead atoms. The van der Waals surface area contributed by atoms with Gasteiger partial charge in [0, 0.05) is 5.41 Å². The highest BCUT2D eigenvalue weighted by Crippen LogP contribution is 2.31. The van der Waals surface area contributed by atoms with Crippen LogP contribution in [-0.4, -0.2) is 19.4 Å². The van der Waals surface area contributed by atoms with Crippen LogP contribution in [0.25, 0.3) is 0 Å². The number of ether oxygens (including phenoxy) is 1. The number of rotatable bonds is 1. The summed E-state index contributed by atoms with van der Waals surface area (Å²) in [5.41, 5.74) is -0.167. The van der Waals surface area contributed by atoms with Crippen LogP contribution in [0.15, 0.2) is 0 Å². The maximum atomic E-state index is 12.5. The molecule has 1 fully saturated rings. The van der Waals surface area contributed by atoms with E-state index in [1.807, 2.05) is 6.92 Å². The zero-order chi connectivity index (χ0) is 6.20. The fraction of sp³-hybridized carbons (Fsp3) is 1.00. The van der Waals surface area contributed by atoms with E-state index in [0.29, 0.717) is 13.2 Å². The van der Waals surface area contributed by atoms with Crippen molar-refractivity contribution in [2.45, 2.75) is 20.0 Å². The molecule has 8 heavy (non-hydrogen) atoms. The van der Waals surface area contributed by atoms with Crippen LogP contribution in [0, 0.1) is 5.41 Å². The monoisotopic (exact) mass is 118 g/mol. The Hall–Kier alpha value is -0.110. The molecule has 1 rings (SSSR count). The van der Waals surface area contributed by atoms with Gasteiger partial charge in [-0.05, 0) is 6.92 Å². The molecule has 1 nitrogen and oxygen atoms in total. The number of alkyl halides is 1. The minimum Gasteiger partial charge on any atom is -0.380 e. The van der Waals surface area contributed by atoms with Gasteiger partial charge < -0.3 is 4.74 Å². The van der Waals surface area contributed by atoms with E-state index >= 15 is 0 Å². The lowest BCUT2D eigenvalue weighted by Gasteiger charge is -2.39. The molecule has 1 aliphatic heterocycles. The number of hydrogen-bond donors (Lipinski definition) is 0. The van der Waals surface area contributed by atoms with Crippen LogP contribution in [0.3, 0.4) is 0 Å². The molecule has 1 atom stereocenters. The standard InChI is InChI=1S/C6H11FO/c1-5(7)6(2)3-8-4-6/h5H,3-4H2,1-2H3/t5-/m1/s1. The summed E-state index contributed by atoms with van der Waals surface area (Å²) in [5.74, 6) is 0. The summed E-state index contributed by atoms with van der Waals surface area (Å²) in [6.07, 6.45) is -0.726. The second-order valence-electron chi connectivity index (χ2n) is 2.76. The molecule has 48 valence electrons. The lowest BCUT2D eigenvalue weighted by Crippen LogP contribution is -2.45. The Morgan fingerprint density at radius 1 is 1.62 bits per heavy atom. The van der Waals surface area contributed by atoms with Crippen LogP contribution in [0.1, 0.15) is 13.8 Å². The maximum Gasteiger partial charge on any atom is 0.107 e. The smallest absolute Gasteiger partial charge is 0.107 e. The van der Waals surface area contributed by atoms with E-state index in [2.05, 4.69) is 0 Å². The van der Waals surface area contributed by atoms with Crippen LogP contribution in [-0.2, 0) is 4.74 Å². The van der Waals surface area contributed by atoms with Crippen molar-refractivity contribution in [3.63, 3.8) is 0 Å². The van der Waals surface area contributed by atoms with Crippen LogP contribution < -0.4 is 0 Å². The zero-order valence-corrected chi connectivity index (χ0v) is 5.28. The fourth-order valence-corrected chi connectivity index (χ4v) is 0.654. The molecule has 0 unspecified atom stereocenters. The highest BCUT2D eigenvalue weighted by Gasteiger charge is 2.38. The van der Waals surface area contributed by atoms with Crippen LogP contribution in [0.2, 0.25) is 0 Å². The van der Waals surface area contributed by atoms with Gasteiger partial charge in [-0.25, -0.2) is 4.39 Å². The van der Waals surface area contributed by atoms with Crippen LogP contribution in [0.5, 0.6) is 0 Å². The Balaban J connectivity index is 2.41. The molecule has 0 amide bonds. The molecule has 1 saturated heterocycles. The molecule has 0 N–H and O–H groups in total. The first kappa shape index (κ1) is 6.02. The van der Waals surface area contributed by atoms with Crippen molar-refractivity contribution in [2.75, 3.05) is 13.2 Å². The van der Waals surface area contributed by atoms with Gasteiger partial charge in [0.15, 0.2) is 0 Å². The van der Waals surface area contributed by atoms with Crippen LogP contribution >= 0.6 is 0 Å². The van der Waals surface area contributed by atoms with Gasteiger partial charge in [0.05, 0.1) is 13.2 Å². The van der Waals surface area contributed by atoms with Crippen molar-refractivity contribution in [2.24, 2.45) is 5.41 Å². The first-order valence-electron chi connectivity index (χ1n) is 2.87. The zero-order valence-electron chi connectivity index (χ0n) is 5.28. The molecule has 2 heteroatoms. The van der Waals surface area contributed by atoms with E-state index in [4.69, 9.17) is 4.74 Å². The largest absolute Gasteiger partial charge is 0.380 e. The fourth-order valence-electron chi connectivity index (χ4n) is 0.654. The molecule has 0 aromatic carbocycles. The van der Waals surface area contributed by atoms with Gasteiger partial charge in [-0.3, -0.25) is 0 Å². The molecule has 0 aliphatic carbocycles. The van der Waals surface area contributed by atoms with E-state index in [1.165, 1.54) is 0 Å². The Bertz CT molecular complexity index is 86.5. The summed E-state index contributed by atoms with van der Waals surface area (Å²) < 4.78 is 17.3. The molecule has 1 heterocycles. The third-order valence-electron chi connectivity index (χ3n) is 1.82. The highest BCUT2D eigenvalue weighted by molar-refractivity contribution is 4.85. The lowest BCUT2D eigenvalue weighted by atomic mass is 9.84. The van der Waals surface area contributed by atoms with Crippen LogP contribution in [0.4, 0.5) is 4.39 Å². The third-order valence-corrected chi connectivity index (χ3v) is 1.82. The quantitative estimate of drug-likeness (QED) is 0.505. The van der Waals surface area contributed by atoms with E-state index in [-0.39, 0.29) is 5.41 Å². The summed E-state index contributed by atoms with van der Waals surface area (Å²) in [6.45, 7) is 4.67. The third kappa shape index (κ3) is 0.730.